The summed E-state index contributed by atoms with van der Waals surface area (Å²) in [5, 5.41) is 0. The Morgan fingerprint density at radius 2 is 2.00 bits per heavy atom. The Bertz CT molecular complexity index is 321. The largest absolute Gasteiger partial charge is 0.444 e. The van der Waals surface area contributed by atoms with Gasteiger partial charge in [-0.05, 0) is 64.8 Å². The molecular formula is C15H28N2O2. The summed E-state index contributed by atoms with van der Waals surface area (Å²) in [6.45, 7) is 7.32. The Morgan fingerprint density at radius 3 is 2.47 bits per heavy atom. The first-order valence-corrected chi connectivity index (χ1v) is 7.60. The maximum absolute atomic E-state index is 12.3. The molecule has 1 heterocycles. The van der Waals surface area contributed by atoms with Crippen molar-refractivity contribution in [3.8, 4) is 0 Å². The van der Waals surface area contributed by atoms with Crippen LogP contribution in [-0.2, 0) is 4.74 Å². The van der Waals surface area contributed by atoms with Crippen molar-refractivity contribution in [2.75, 3.05) is 13.1 Å². The zero-order valence-corrected chi connectivity index (χ0v) is 12.5. The van der Waals surface area contributed by atoms with Crippen LogP contribution in [0.2, 0.25) is 0 Å². The van der Waals surface area contributed by atoms with Crippen molar-refractivity contribution in [3.63, 3.8) is 0 Å². The average Bonchev–Trinajstić information content (AvgIpc) is 2.24. The van der Waals surface area contributed by atoms with Crippen LogP contribution < -0.4 is 5.73 Å². The highest BCUT2D eigenvalue weighted by Gasteiger charge is 2.39. The molecule has 0 spiro atoms. The number of ether oxygens (including phenoxy) is 1. The molecule has 110 valence electrons. The van der Waals surface area contributed by atoms with Crippen molar-refractivity contribution in [2.45, 2.75) is 64.5 Å². The molecule has 0 aromatic carbocycles. The lowest BCUT2D eigenvalue weighted by Crippen LogP contribution is -2.53. The molecular weight excluding hydrogens is 240 g/mol. The maximum atomic E-state index is 12.3. The number of amides is 1. The van der Waals surface area contributed by atoms with Crippen molar-refractivity contribution < 1.29 is 9.53 Å². The van der Waals surface area contributed by atoms with Crippen LogP contribution in [0, 0.1) is 11.8 Å². The Morgan fingerprint density at radius 1 is 1.32 bits per heavy atom. The quantitative estimate of drug-likeness (QED) is 0.838. The molecule has 1 aliphatic carbocycles. The van der Waals surface area contributed by atoms with Crippen molar-refractivity contribution in [1.82, 2.24) is 4.90 Å². The minimum atomic E-state index is -0.411. The number of rotatable bonds is 2. The molecule has 0 radical (unpaired) electrons. The molecule has 4 heteroatoms. The first-order chi connectivity index (χ1) is 8.90. The number of carbonyl (C=O) groups excluding carboxylic acids is 1. The fourth-order valence-electron chi connectivity index (χ4n) is 3.11. The zero-order chi connectivity index (χ0) is 14.0. The third kappa shape index (κ3) is 3.62. The fourth-order valence-corrected chi connectivity index (χ4v) is 3.11. The number of carbonyl (C=O) groups is 1. The normalized spacial score (nSPS) is 28.9. The van der Waals surface area contributed by atoms with Crippen LogP contribution in [0.3, 0.4) is 0 Å². The van der Waals surface area contributed by atoms with E-state index in [4.69, 9.17) is 10.5 Å². The zero-order valence-electron chi connectivity index (χ0n) is 12.5. The van der Waals surface area contributed by atoms with Gasteiger partial charge in [0, 0.05) is 12.6 Å². The summed E-state index contributed by atoms with van der Waals surface area (Å²) in [6, 6.07) is 0.353. The van der Waals surface area contributed by atoms with Gasteiger partial charge in [-0.25, -0.2) is 4.79 Å². The summed E-state index contributed by atoms with van der Waals surface area (Å²) < 4.78 is 5.55. The Kier molecular flexibility index (Phi) is 4.39. The van der Waals surface area contributed by atoms with Crippen LogP contribution in [0.15, 0.2) is 0 Å². The van der Waals surface area contributed by atoms with Crippen molar-refractivity contribution in [2.24, 2.45) is 17.6 Å². The van der Waals surface area contributed by atoms with Crippen molar-refractivity contribution in [1.29, 1.82) is 0 Å². The van der Waals surface area contributed by atoms with E-state index in [9.17, 15) is 4.79 Å². The van der Waals surface area contributed by atoms with E-state index in [2.05, 4.69) is 0 Å². The lowest BCUT2D eigenvalue weighted by molar-refractivity contribution is -0.0129. The van der Waals surface area contributed by atoms with Gasteiger partial charge in [0.2, 0.25) is 0 Å². The standard InChI is InChI=1S/C15H28N2O2/c1-15(2,3)19-14(18)17-8-7-11(10-16)9-13(17)12-5-4-6-12/h11-13H,4-10,16H2,1-3H3. The number of piperidine rings is 1. The van der Waals surface area contributed by atoms with E-state index < -0.39 is 5.60 Å². The van der Waals surface area contributed by atoms with Crippen LogP contribution in [0.5, 0.6) is 0 Å². The SMILES string of the molecule is CC(C)(C)OC(=O)N1CCC(CN)CC1C1CCC1. The lowest BCUT2D eigenvalue weighted by atomic mass is 9.74. The van der Waals surface area contributed by atoms with E-state index in [0.29, 0.717) is 17.9 Å². The van der Waals surface area contributed by atoms with Gasteiger partial charge in [0.25, 0.3) is 0 Å². The van der Waals surface area contributed by atoms with E-state index >= 15 is 0 Å². The van der Waals surface area contributed by atoms with E-state index in [1.54, 1.807) is 0 Å². The highest BCUT2D eigenvalue weighted by molar-refractivity contribution is 5.68. The maximum Gasteiger partial charge on any atom is 0.410 e. The number of hydrogen-bond donors (Lipinski definition) is 1. The predicted molar refractivity (Wildman–Crippen MR) is 75.8 cm³/mol. The molecule has 0 bridgehead atoms. The molecule has 2 aliphatic rings. The molecule has 1 saturated heterocycles. The van der Waals surface area contributed by atoms with Gasteiger partial charge in [-0.1, -0.05) is 6.42 Å². The summed E-state index contributed by atoms with van der Waals surface area (Å²) in [5.41, 5.74) is 5.40. The molecule has 19 heavy (non-hydrogen) atoms. The summed E-state index contributed by atoms with van der Waals surface area (Å²) in [5.74, 6) is 1.24. The number of nitrogens with zero attached hydrogens (tertiary/aromatic N) is 1. The molecule has 1 saturated carbocycles. The third-order valence-corrected chi connectivity index (χ3v) is 4.41. The average molecular weight is 268 g/mol. The molecule has 0 aromatic rings. The Hall–Kier alpha value is -0.770. The van der Waals surface area contributed by atoms with Gasteiger partial charge >= 0.3 is 6.09 Å². The second-order valence-corrected chi connectivity index (χ2v) is 7.06. The van der Waals surface area contributed by atoms with Gasteiger partial charge in [0.1, 0.15) is 5.60 Å². The number of nitrogens with two attached hydrogens (primary N) is 1. The molecule has 1 amide bonds. The molecule has 2 unspecified atom stereocenters. The molecule has 2 atom stereocenters. The van der Waals surface area contributed by atoms with E-state index in [-0.39, 0.29) is 6.09 Å². The lowest BCUT2D eigenvalue weighted by Gasteiger charge is -2.46. The topological polar surface area (TPSA) is 55.6 Å². The van der Waals surface area contributed by atoms with Gasteiger partial charge in [-0.15, -0.1) is 0 Å². The molecule has 2 fully saturated rings. The van der Waals surface area contributed by atoms with Gasteiger partial charge in [-0.2, -0.15) is 0 Å². The summed E-state index contributed by atoms with van der Waals surface area (Å²) in [6.07, 6.45) is 5.73. The Labute approximate surface area is 116 Å². The van der Waals surface area contributed by atoms with Crippen LogP contribution in [0.4, 0.5) is 4.79 Å². The van der Waals surface area contributed by atoms with Crippen molar-refractivity contribution in [3.05, 3.63) is 0 Å². The second kappa shape index (κ2) is 5.70. The van der Waals surface area contributed by atoms with Crippen LogP contribution in [0.1, 0.15) is 52.9 Å². The van der Waals surface area contributed by atoms with Crippen LogP contribution in [-0.4, -0.2) is 35.7 Å². The van der Waals surface area contributed by atoms with E-state index in [1.165, 1.54) is 19.3 Å². The summed E-state index contributed by atoms with van der Waals surface area (Å²) >= 11 is 0. The smallest absolute Gasteiger partial charge is 0.410 e. The monoisotopic (exact) mass is 268 g/mol. The van der Waals surface area contributed by atoms with Crippen molar-refractivity contribution >= 4 is 6.09 Å². The molecule has 1 aliphatic heterocycles. The minimum Gasteiger partial charge on any atom is -0.444 e. The molecule has 2 N–H and O–H groups in total. The highest BCUT2D eigenvalue weighted by atomic mass is 16.6. The highest BCUT2D eigenvalue weighted by Crippen LogP contribution is 2.38. The minimum absolute atomic E-state index is 0.139. The van der Waals surface area contributed by atoms with Crippen LogP contribution in [0.25, 0.3) is 0 Å². The summed E-state index contributed by atoms with van der Waals surface area (Å²) in [7, 11) is 0. The van der Waals surface area contributed by atoms with Gasteiger partial charge < -0.3 is 15.4 Å². The van der Waals surface area contributed by atoms with Crippen LogP contribution >= 0.6 is 0 Å². The third-order valence-electron chi connectivity index (χ3n) is 4.41. The molecule has 2 rings (SSSR count). The fraction of sp³-hybridized carbons (Fsp3) is 0.933. The first kappa shape index (κ1) is 14.6. The van der Waals surface area contributed by atoms with Gasteiger partial charge in [0.05, 0.1) is 0 Å². The van der Waals surface area contributed by atoms with E-state index in [0.717, 1.165) is 25.9 Å². The number of hydrogen-bond acceptors (Lipinski definition) is 3. The van der Waals surface area contributed by atoms with E-state index in [1.807, 2.05) is 25.7 Å². The number of likely N-dealkylation sites (tertiary alicyclic amines) is 1. The van der Waals surface area contributed by atoms with Gasteiger partial charge in [-0.3, -0.25) is 0 Å². The predicted octanol–water partition coefficient (Wildman–Crippen LogP) is 2.76. The second-order valence-electron chi connectivity index (χ2n) is 7.06. The summed E-state index contributed by atoms with van der Waals surface area (Å²) in [4.78, 5) is 14.3. The molecule has 0 aromatic heterocycles. The molecule has 4 nitrogen and oxygen atoms in total. The van der Waals surface area contributed by atoms with Gasteiger partial charge in [0.15, 0.2) is 0 Å². The Balaban J connectivity index is 2.02. The first-order valence-electron chi connectivity index (χ1n) is 7.60.